The molecule has 44 heavy (non-hydrogen) atoms. The van der Waals surface area contributed by atoms with Crippen LogP contribution in [0.5, 0.6) is 0 Å². The fourth-order valence-electron chi connectivity index (χ4n) is 6.40. The highest BCUT2D eigenvalue weighted by molar-refractivity contribution is 6.13. The molecule has 5 unspecified atom stereocenters. The van der Waals surface area contributed by atoms with Crippen LogP contribution in [0.1, 0.15) is 56.7 Å². The SMILES string of the molecule is CCC1CC(NC2NCC(Cc3ccccc3C(F)(F)F)(OCCO)CN2Cl)CC(Cc2ccccc2)N1C(=O)OC(C)C. The van der Waals surface area contributed by atoms with Crippen molar-refractivity contribution in [2.24, 2.45) is 0 Å². The lowest BCUT2D eigenvalue weighted by Crippen LogP contribution is -2.69. The van der Waals surface area contributed by atoms with Gasteiger partial charge in [-0.1, -0.05) is 55.5 Å². The molecule has 12 heteroatoms. The molecule has 2 aliphatic rings. The number of nitrogens with zero attached hydrogens (tertiary/aromatic N) is 2. The first-order valence-corrected chi connectivity index (χ1v) is 15.6. The third-order valence-electron chi connectivity index (χ3n) is 8.30. The molecule has 2 aromatic rings. The summed E-state index contributed by atoms with van der Waals surface area (Å²) in [5.41, 5.74) is -0.594. The average molecular weight is 641 g/mol. The molecule has 2 aromatic carbocycles. The van der Waals surface area contributed by atoms with Crippen molar-refractivity contribution < 1.29 is 32.5 Å². The second-order valence-electron chi connectivity index (χ2n) is 12.0. The van der Waals surface area contributed by atoms with Gasteiger partial charge in [0.25, 0.3) is 0 Å². The minimum atomic E-state index is -4.51. The number of piperidine rings is 1. The van der Waals surface area contributed by atoms with Crippen LogP contribution in [0, 0.1) is 0 Å². The van der Waals surface area contributed by atoms with Gasteiger partial charge in [0, 0.05) is 37.6 Å². The van der Waals surface area contributed by atoms with Crippen LogP contribution in [0.2, 0.25) is 0 Å². The molecule has 3 N–H and O–H groups in total. The molecule has 244 valence electrons. The van der Waals surface area contributed by atoms with E-state index in [1.165, 1.54) is 16.6 Å². The number of aliphatic hydroxyl groups is 1. The summed E-state index contributed by atoms with van der Waals surface area (Å²) in [6, 6.07) is 15.3. The van der Waals surface area contributed by atoms with Crippen LogP contribution in [-0.2, 0) is 28.5 Å². The van der Waals surface area contributed by atoms with Gasteiger partial charge < -0.3 is 19.5 Å². The van der Waals surface area contributed by atoms with Gasteiger partial charge in [0.05, 0.1) is 30.5 Å². The van der Waals surface area contributed by atoms with Crippen molar-refractivity contribution in [2.45, 2.75) is 95.2 Å². The van der Waals surface area contributed by atoms with Crippen molar-refractivity contribution in [3.63, 3.8) is 0 Å². The van der Waals surface area contributed by atoms with Gasteiger partial charge in [-0.15, -0.1) is 0 Å². The molecule has 0 aromatic heterocycles. The Morgan fingerprint density at radius 1 is 1.14 bits per heavy atom. The van der Waals surface area contributed by atoms with Crippen LogP contribution in [0.25, 0.3) is 0 Å². The second kappa shape index (κ2) is 15.2. The molecular weight excluding hydrogens is 597 g/mol. The number of carbonyl (C=O) groups excluding carboxylic acids is 1. The van der Waals surface area contributed by atoms with E-state index < -0.39 is 23.6 Å². The molecule has 2 aliphatic heterocycles. The average Bonchev–Trinajstić information content (AvgIpc) is 2.97. The van der Waals surface area contributed by atoms with Crippen molar-refractivity contribution in [1.82, 2.24) is 20.0 Å². The summed E-state index contributed by atoms with van der Waals surface area (Å²) < 4.78 is 54.5. The summed E-state index contributed by atoms with van der Waals surface area (Å²) in [6.07, 6.45) is -2.84. The first-order chi connectivity index (χ1) is 20.9. The summed E-state index contributed by atoms with van der Waals surface area (Å²) in [5, 5.41) is 16.4. The predicted octanol–water partition coefficient (Wildman–Crippen LogP) is 5.33. The lowest BCUT2D eigenvalue weighted by Gasteiger charge is -2.49. The number of nitrogens with one attached hydrogen (secondary N) is 2. The monoisotopic (exact) mass is 640 g/mol. The lowest BCUT2D eigenvalue weighted by molar-refractivity contribution is -0.139. The summed E-state index contributed by atoms with van der Waals surface area (Å²) in [6.45, 7) is 5.76. The molecule has 0 bridgehead atoms. The van der Waals surface area contributed by atoms with Crippen LogP contribution >= 0.6 is 11.8 Å². The first kappa shape index (κ1) is 34.5. The number of alkyl halides is 3. The highest BCUT2D eigenvalue weighted by atomic mass is 35.5. The fraction of sp³-hybridized carbons (Fsp3) is 0.594. The zero-order valence-corrected chi connectivity index (χ0v) is 26.3. The predicted molar refractivity (Wildman–Crippen MR) is 163 cm³/mol. The summed E-state index contributed by atoms with van der Waals surface area (Å²) in [5.74, 6) is 0. The molecule has 2 heterocycles. The van der Waals surface area contributed by atoms with E-state index in [0.29, 0.717) is 19.3 Å². The van der Waals surface area contributed by atoms with Gasteiger partial charge in [-0.2, -0.15) is 17.6 Å². The Bertz CT molecular complexity index is 1210. The highest BCUT2D eigenvalue weighted by Crippen LogP contribution is 2.35. The number of hydrogen-bond donors (Lipinski definition) is 3. The molecule has 0 radical (unpaired) electrons. The number of amides is 1. The van der Waals surface area contributed by atoms with Gasteiger partial charge in [0.2, 0.25) is 0 Å². The highest BCUT2D eigenvalue weighted by Gasteiger charge is 2.45. The standard InChI is InChI=1S/C32H44ClF3N4O4/c1-4-26-17-25(18-27(16-23-10-6-5-7-11-23)40(26)30(42)44-22(2)3)38-29-37-20-31(21-39(29)33,43-15-14-41)19-24-12-8-9-13-28(24)32(34,35)36/h5-13,22,25-27,29,37-38,41H,4,14-21H2,1-3H3. The van der Waals surface area contributed by atoms with Crippen molar-refractivity contribution in [1.29, 1.82) is 0 Å². The number of carbonyl (C=O) groups is 1. The van der Waals surface area contributed by atoms with Crippen molar-refractivity contribution in [3.8, 4) is 0 Å². The van der Waals surface area contributed by atoms with E-state index in [1.54, 1.807) is 6.07 Å². The molecule has 1 amide bonds. The summed E-state index contributed by atoms with van der Waals surface area (Å²) in [7, 11) is 0. The van der Waals surface area contributed by atoms with Gasteiger partial charge >= 0.3 is 12.3 Å². The van der Waals surface area contributed by atoms with E-state index >= 15 is 0 Å². The van der Waals surface area contributed by atoms with Crippen LogP contribution in [0.3, 0.4) is 0 Å². The minimum Gasteiger partial charge on any atom is -0.447 e. The van der Waals surface area contributed by atoms with Gasteiger partial charge in [0.1, 0.15) is 6.29 Å². The van der Waals surface area contributed by atoms with Crippen molar-refractivity contribution >= 4 is 17.9 Å². The summed E-state index contributed by atoms with van der Waals surface area (Å²) >= 11 is 6.79. The fourth-order valence-corrected chi connectivity index (χ4v) is 6.74. The molecule has 2 fully saturated rings. The van der Waals surface area contributed by atoms with Crippen LogP contribution in [0.15, 0.2) is 54.6 Å². The zero-order valence-electron chi connectivity index (χ0n) is 25.5. The Hall–Kier alpha value is -2.41. The molecule has 8 nitrogen and oxygen atoms in total. The van der Waals surface area contributed by atoms with Gasteiger partial charge in [0.15, 0.2) is 0 Å². The molecular formula is C32H44ClF3N4O4. The third kappa shape index (κ3) is 8.86. The largest absolute Gasteiger partial charge is 0.447 e. The van der Waals surface area contributed by atoms with Crippen molar-refractivity contribution in [3.05, 3.63) is 71.3 Å². The first-order valence-electron chi connectivity index (χ1n) is 15.3. The van der Waals surface area contributed by atoms with E-state index in [-0.39, 0.29) is 68.6 Å². The third-order valence-corrected chi connectivity index (χ3v) is 8.61. The van der Waals surface area contributed by atoms with E-state index in [0.717, 1.165) is 18.1 Å². The van der Waals surface area contributed by atoms with Crippen LogP contribution < -0.4 is 10.6 Å². The number of hydrogen-bond acceptors (Lipinski definition) is 7. The summed E-state index contributed by atoms with van der Waals surface area (Å²) in [4.78, 5) is 15.2. The number of ether oxygens (including phenoxy) is 2. The molecule has 2 saturated heterocycles. The molecule has 4 rings (SSSR count). The van der Waals surface area contributed by atoms with Gasteiger partial charge in [-0.25, -0.2) is 4.79 Å². The topological polar surface area (TPSA) is 86.3 Å². The second-order valence-corrected chi connectivity index (χ2v) is 12.4. The minimum absolute atomic E-state index is 0.00710. The maximum atomic E-state index is 13.8. The number of benzene rings is 2. The van der Waals surface area contributed by atoms with E-state index in [9.17, 15) is 23.1 Å². The molecule has 5 atom stereocenters. The molecule has 0 spiro atoms. The van der Waals surface area contributed by atoms with Crippen LogP contribution in [-0.4, -0.2) is 82.9 Å². The number of rotatable bonds is 11. The van der Waals surface area contributed by atoms with Crippen molar-refractivity contribution in [2.75, 3.05) is 26.3 Å². The Balaban J connectivity index is 1.50. The van der Waals surface area contributed by atoms with E-state index in [1.807, 2.05) is 36.9 Å². The smallest absolute Gasteiger partial charge is 0.416 e. The van der Waals surface area contributed by atoms with Crippen LogP contribution in [0.4, 0.5) is 18.0 Å². The number of likely N-dealkylation sites (tertiary alicyclic amines) is 1. The number of aliphatic hydroxyl groups excluding tert-OH is 1. The van der Waals surface area contributed by atoms with E-state index in [4.69, 9.17) is 21.3 Å². The Morgan fingerprint density at radius 3 is 2.45 bits per heavy atom. The molecule has 0 saturated carbocycles. The van der Waals surface area contributed by atoms with Gasteiger partial charge in [-0.05, 0) is 68.5 Å². The Kier molecular flexibility index (Phi) is 11.9. The lowest BCUT2D eigenvalue weighted by atomic mass is 9.86. The zero-order chi connectivity index (χ0) is 31.9. The number of halogens is 4. The Labute approximate surface area is 262 Å². The normalized spacial score (nSPS) is 26.6. The quantitative estimate of drug-likeness (QED) is 0.287. The maximum Gasteiger partial charge on any atom is 0.416 e. The maximum absolute atomic E-state index is 13.8. The molecule has 0 aliphatic carbocycles. The Morgan fingerprint density at radius 2 is 1.82 bits per heavy atom. The van der Waals surface area contributed by atoms with Gasteiger partial charge in [-0.3, -0.25) is 10.6 Å². The van der Waals surface area contributed by atoms with E-state index in [2.05, 4.69) is 29.7 Å².